The van der Waals surface area contributed by atoms with E-state index in [1.54, 1.807) is 21.6 Å². The Morgan fingerprint density at radius 2 is 2.00 bits per heavy atom. The molecular weight excluding hydrogens is 357 g/mol. The highest BCUT2D eigenvalue weighted by Crippen LogP contribution is 2.23. The molecule has 1 amide bonds. The van der Waals surface area contributed by atoms with Crippen LogP contribution in [0.4, 0.5) is 10.1 Å². The molecule has 8 heteroatoms. The van der Waals surface area contributed by atoms with Crippen LogP contribution in [0.1, 0.15) is 22.6 Å². The Morgan fingerprint density at radius 3 is 2.65 bits per heavy atom. The van der Waals surface area contributed by atoms with Crippen molar-refractivity contribution < 1.29 is 9.18 Å². The number of carbonyl (C=O) groups excluding carboxylic acids is 1. The van der Waals surface area contributed by atoms with Gasteiger partial charge < -0.3 is 5.32 Å². The van der Waals surface area contributed by atoms with Crippen LogP contribution >= 0.6 is 11.6 Å². The fourth-order valence-electron chi connectivity index (χ4n) is 2.72. The molecule has 0 saturated heterocycles. The molecule has 0 bridgehead atoms. The standard InChI is InChI=1S/C18H19ClFN5O/c1-11-6-7-21-24(11)10-17(26)22-18-12(2)23-25(13(18)3)9-14-4-5-15(20)8-16(14)19/h4-8H,9-10H2,1-3H3,(H,22,26). The number of nitrogens with one attached hydrogen (secondary N) is 1. The highest BCUT2D eigenvalue weighted by molar-refractivity contribution is 6.31. The van der Waals surface area contributed by atoms with Crippen molar-refractivity contribution in [3.05, 3.63) is 63.9 Å². The van der Waals surface area contributed by atoms with Gasteiger partial charge in [-0.3, -0.25) is 14.2 Å². The van der Waals surface area contributed by atoms with Crippen LogP contribution in [0.2, 0.25) is 5.02 Å². The van der Waals surface area contributed by atoms with Gasteiger partial charge in [-0.15, -0.1) is 0 Å². The number of carbonyl (C=O) groups is 1. The Kier molecular flexibility index (Phi) is 5.08. The van der Waals surface area contributed by atoms with Crippen molar-refractivity contribution in [2.24, 2.45) is 0 Å². The smallest absolute Gasteiger partial charge is 0.246 e. The summed E-state index contributed by atoms with van der Waals surface area (Å²) in [7, 11) is 0. The number of aryl methyl sites for hydroxylation is 2. The first-order valence-corrected chi connectivity index (χ1v) is 8.49. The lowest BCUT2D eigenvalue weighted by atomic mass is 10.2. The van der Waals surface area contributed by atoms with Crippen molar-refractivity contribution in [3.8, 4) is 0 Å². The zero-order valence-corrected chi connectivity index (χ0v) is 15.5. The van der Waals surface area contributed by atoms with E-state index in [-0.39, 0.29) is 18.3 Å². The highest BCUT2D eigenvalue weighted by atomic mass is 35.5. The molecule has 3 aromatic rings. The molecule has 0 aliphatic heterocycles. The average Bonchev–Trinajstić information content (AvgIpc) is 3.08. The third-order valence-electron chi connectivity index (χ3n) is 4.20. The first-order valence-electron chi connectivity index (χ1n) is 8.11. The van der Waals surface area contributed by atoms with Gasteiger partial charge >= 0.3 is 0 Å². The summed E-state index contributed by atoms with van der Waals surface area (Å²) in [5.41, 5.74) is 3.83. The van der Waals surface area contributed by atoms with E-state index >= 15 is 0 Å². The molecule has 3 rings (SSSR count). The summed E-state index contributed by atoms with van der Waals surface area (Å²) < 4.78 is 16.6. The summed E-state index contributed by atoms with van der Waals surface area (Å²) in [4.78, 5) is 12.3. The Bertz CT molecular complexity index is 963. The Hall–Kier alpha value is -2.67. The maximum absolute atomic E-state index is 13.2. The molecule has 0 fully saturated rings. The van der Waals surface area contributed by atoms with E-state index in [0.717, 1.165) is 17.0 Å². The number of nitrogens with zero attached hydrogens (tertiary/aromatic N) is 4. The topological polar surface area (TPSA) is 64.7 Å². The molecule has 1 N–H and O–H groups in total. The van der Waals surface area contributed by atoms with Crippen LogP contribution in [-0.4, -0.2) is 25.5 Å². The average molecular weight is 376 g/mol. The lowest BCUT2D eigenvalue weighted by molar-refractivity contribution is -0.116. The third-order valence-corrected chi connectivity index (χ3v) is 4.56. The molecule has 1 aromatic carbocycles. The SMILES string of the molecule is Cc1nn(Cc2ccc(F)cc2Cl)c(C)c1NC(=O)Cn1nccc1C. The number of halogens is 2. The van der Waals surface area contributed by atoms with Crippen LogP contribution in [0.15, 0.2) is 30.5 Å². The summed E-state index contributed by atoms with van der Waals surface area (Å²) in [6.45, 7) is 6.10. The van der Waals surface area contributed by atoms with Gasteiger partial charge in [0.25, 0.3) is 0 Å². The minimum Gasteiger partial charge on any atom is -0.321 e. The maximum atomic E-state index is 13.2. The molecule has 136 valence electrons. The normalized spacial score (nSPS) is 11.0. The highest BCUT2D eigenvalue weighted by Gasteiger charge is 2.16. The van der Waals surface area contributed by atoms with Gasteiger partial charge in [0.15, 0.2) is 0 Å². The summed E-state index contributed by atoms with van der Waals surface area (Å²) in [6, 6.07) is 6.11. The zero-order valence-electron chi connectivity index (χ0n) is 14.8. The molecule has 0 radical (unpaired) electrons. The quantitative estimate of drug-likeness (QED) is 0.742. The van der Waals surface area contributed by atoms with Crippen molar-refractivity contribution in [2.75, 3.05) is 5.32 Å². The van der Waals surface area contributed by atoms with E-state index in [1.807, 2.05) is 26.8 Å². The molecule has 0 saturated carbocycles. The van der Waals surface area contributed by atoms with Crippen molar-refractivity contribution in [2.45, 2.75) is 33.9 Å². The maximum Gasteiger partial charge on any atom is 0.246 e. The molecule has 0 unspecified atom stereocenters. The minimum atomic E-state index is -0.381. The van der Waals surface area contributed by atoms with Crippen LogP contribution in [0.3, 0.4) is 0 Å². The number of aromatic nitrogens is 4. The summed E-state index contributed by atoms with van der Waals surface area (Å²) >= 11 is 6.10. The van der Waals surface area contributed by atoms with Crippen molar-refractivity contribution >= 4 is 23.2 Å². The Labute approximate surface area is 155 Å². The monoisotopic (exact) mass is 375 g/mol. The van der Waals surface area contributed by atoms with Gasteiger partial charge in [-0.2, -0.15) is 10.2 Å². The van der Waals surface area contributed by atoms with E-state index in [9.17, 15) is 9.18 Å². The first kappa shape index (κ1) is 18.1. The summed E-state index contributed by atoms with van der Waals surface area (Å²) in [6.07, 6.45) is 1.66. The molecule has 2 heterocycles. The molecule has 0 spiro atoms. The predicted molar refractivity (Wildman–Crippen MR) is 97.8 cm³/mol. The lowest BCUT2D eigenvalue weighted by Gasteiger charge is -2.09. The number of amides is 1. The van der Waals surface area contributed by atoms with Crippen LogP contribution in [0, 0.1) is 26.6 Å². The van der Waals surface area contributed by atoms with Crippen molar-refractivity contribution in [1.29, 1.82) is 0 Å². The number of anilines is 1. The van der Waals surface area contributed by atoms with Crippen LogP contribution < -0.4 is 5.32 Å². The molecule has 2 aromatic heterocycles. The lowest BCUT2D eigenvalue weighted by Crippen LogP contribution is -2.21. The Morgan fingerprint density at radius 1 is 1.23 bits per heavy atom. The summed E-state index contributed by atoms with van der Waals surface area (Å²) in [5, 5.41) is 11.8. The van der Waals surface area contributed by atoms with Gasteiger partial charge in [-0.1, -0.05) is 17.7 Å². The van der Waals surface area contributed by atoms with E-state index in [4.69, 9.17) is 11.6 Å². The summed E-state index contributed by atoms with van der Waals surface area (Å²) in [5.74, 6) is -0.559. The molecule has 0 aliphatic rings. The molecule has 0 atom stereocenters. The first-order chi connectivity index (χ1) is 12.3. The van der Waals surface area contributed by atoms with E-state index in [0.29, 0.717) is 22.9 Å². The molecule has 0 aliphatic carbocycles. The number of hydrogen-bond acceptors (Lipinski definition) is 3. The third kappa shape index (κ3) is 3.77. The Balaban J connectivity index is 1.77. The fraction of sp³-hybridized carbons (Fsp3) is 0.278. The van der Waals surface area contributed by atoms with Crippen LogP contribution in [0.25, 0.3) is 0 Å². The van der Waals surface area contributed by atoms with Crippen LogP contribution in [0.5, 0.6) is 0 Å². The number of hydrogen-bond donors (Lipinski definition) is 1. The van der Waals surface area contributed by atoms with Gasteiger partial charge in [-0.05, 0) is 44.5 Å². The fourth-order valence-corrected chi connectivity index (χ4v) is 2.95. The van der Waals surface area contributed by atoms with Gasteiger partial charge in [0.1, 0.15) is 12.4 Å². The molecular formula is C18H19ClFN5O. The number of rotatable bonds is 5. The second-order valence-corrected chi connectivity index (χ2v) is 6.52. The second-order valence-electron chi connectivity index (χ2n) is 6.12. The minimum absolute atomic E-state index is 0.132. The van der Waals surface area contributed by atoms with Gasteiger partial charge in [-0.25, -0.2) is 4.39 Å². The van der Waals surface area contributed by atoms with Gasteiger partial charge in [0.2, 0.25) is 5.91 Å². The van der Waals surface area contributed by atoms with E-state index in [1.165, 1.54) is 12.1 Å². The van der Waals surface area contributed by atoms with E-state index < -0.39 is 0 Å². The van der Waals surface area contributed by atoms with E-state index in [2.05, 4.69) is 15.5 Å². The molecule has 26 heavy (non-hydrogen) atoms. The van der Waals surface area contributed by atoms with Crippen molar-refractivity contribution in [1.82, 2.24) is 19.6 Å². The van der Waals surface area contributed by atoms with Crippen LogP contribution in [-0.2, 0) is 17.9 Å². The molecule has 6 nitrogen and oxygen atoms in total. The number of benzene rings is 1. The second kappa shape index (κ2) is 7.29. The zero-order chi connectivity index (χ0) is 18.8. The predicted octanol–water partition coefficient (Wildman–Crippen LogP) is 3.48. The van der Waals surface area contributed by atoms with Gasteiger partial charge in [0.05, 0.1) is 23.6 Å². The van der Waals surface area contributed by atoms with Crippen molar-refractivity contribution in [3.63, 3.8) is 0 Å². The largest absolute Gasteiger partial charge is 0.321 e. The van der Waals surface area contributed by atoms with Gasteiger partial charge in [0, 0.05) is 16.9 Å².